The Labute approximate surface area is 117 Å². The smallest absolute Gasteiger partial charge is 0.375 e. The minimum Gasteiger partial charge on any atom is -0.455 e. The third kappa shape index (κ3) is 2.35. The standard InChI is InChI=1S/C17H14O3/c18-16-15(13-9-5-2-6-10-13)14(20-17(16)19)11-12-7-3-1-4-8-12/h1-10,14-15H,11H2/t14-,15-/m0/s1. The summed E-state index contributed by atoms with van der Waals surface area (Å²) in [5, 5.41) is 0. The zero-order chi connectivity index (χ0) is 13.9. The molecule has 3 rings (SSSR count). The largest absolute Gasteiger partial charge is 0.455 e. The minimum atomic E-state index is -0.722. The van der Waals surface area contributed by atoms with Gasteiger partial charge in [0, 0.05) is 6.42 Å². The summed E-state index contributed by atoms with van der Waals surface area (Å²) in [7, 11) is 0. The number of hydrogen-bond acceptors (Lipinski definition) is 3. The third-order valence-corrected chi connectivity index (χ3v) is 3.55. The van der Waals surface area contributed by atoms with Gasteiger partial charge >= 0.3 is 5.97 Å². The number of hydrogen-bond donors (Lipinski definition) is 0. The molecule has 100 valence electrons. The monoisotopic (exact) mass is 266 g/mol. The quantitative estimate of drug-likeness (QED) is 0.633. The molecule has 0 aromatic heterocycles. The van der Waals surface area contributed by atoms with Crippen LogP contribution in [-0.2, 0) is 20.7 Å². The fourth-order valence-electron chi connectivity index (χ4n) is 2.59. The van der Waals surface area contributed by atoms with E-state index in [-0.39, 0.29) is 0 Å². The molecule has 2 aromatic rings. The Bertz CT molecular complexity index is 619. The van der Waals surface area contributed by atoms with E-state index in [1.165, 1.54) is 0 Å². The summed E-state index contributed by atoms with van der Waals surface area (Å²) in [5.41, 5.74) is 1.89. The van der Waals surface area contributed by atoms with Crippen LogP contribution in [0.1, 0.15) is 17.0 Å². The zero-order valence-electron chi connectivity index (χ0n) is 10.9. The molecule has 1 aliphatic heterocycles. The molecule has 0 spiro atoms. The average Bonchev–Trinajstić information content (AvgIpc) is 2.76. The molecule has 20 heavy (non-hydrogen) atoms. The zero-order valence-corrected chi connectivity index (χ0v) is 10.9. The van der Waals surface area contributed by atoms with Gasteiger partial charge in [0.05, 0.1) is 5.92 Å². The van der Waals surface area contributed by atoms with Gasteiger partial charge in [-0.25, -0.2) is 4.79 Å². The maximum Gasteiger partial charge on any atom is 0.375 e. The lowest BCUT2D eigenvalue weighted by molar-refractivity contribution is -0.148. The van der Waals surface area contributed by atoms with Crippen LogP contribution in [0.2, 0.25) is 0 Å². The van der Waals surface area contributed by atoms with Gasteiger partial charge in [-0.3, -0.25) is 4.79 Å². The van der Waals surface area contributed by atoms with Crippen LogP contribution in [0.3, 0.4) is 0 Å². The number of Topliss-reactive ketones (excluding diaryl/α,β-unsaturated/α-hetero) is 1. The summed E-state index contributed by atoms with van der Waals surface area (Å²) >= 11 is 0. The van der Waals surface area contributed by atoms with Crippen LogP contribution in [0.25, 0.3) is 0 Å². The van der Waals surface area contributed by atoms with Crippen LogP contribution >= 0.6 is 0 Å². The molecular formula is C17H14O3. The summed E-state index contributed by atoms with van der Waals surface area (Å²) in [6.07, 6.45) is 0.137. The number of ether oxygens (including phenoxy) is 1. The lowest BCUT2D eigenvalue weighted by Crippen LogP contribution is -2.21. The van der Waals surface area contributed by atoms with E-state index in [4.69, 9.17) is 4.74 Å². The van der Waals surface area contributed by atoms with Crippen molar-refractivity contribution in [2.24, 2.45) is 0 Å². The molecule has 1 fully saturated rings. The molecule has 0 radical (unpaired) electrons. The Hall–Kier alpha value is -2.42. The molecule has 0 amide bonds. The summed E-state index contributed by atoms with van der Waals surface area (Å²) in [4.78, 5) is 23.6. The van der Waals surface area contributed by atoms with Crippen LogP contribution in [0, 0.1) is 0 Å². The van der Waals surface area contributed by atoms with Gasteiger partial charge in [-0.1, -0.05) is 60.7 Å². The number of rotatable bonds is 3. The van der Waals surface area contributed by atoms with E-state index in [9.17, 15) is 9.59 Å². The van der Waals surface area contributed by atoms with Gasteiger partial charge in [0.15, 0.2) is 0 Å². The van der Waals surface area contributed by atoms with Crippen molar-refractivity contribution < 1.29 is 14.3 Å². The molecule has 1 saturated heterocycles. The number of benzene rings is 2. The molecule has 2 atom stereocenters. The normalized spacial score (nSPS) is 21.8. The van der Waals surface area contributed by atoms with Crippen molar-refractivity contribution in [3.05, 3.63) is 71.8 Å². The maximum absolute atomic E-state index is 12.0. The Balaban J connectivity index is 1.89. The Morgan fingerprint density at radius 1 is 0.850 bits per heavy atom. The predicted octanol–water partition coefficient (Wildman–Crippen LogP) is 2.51. The number of ketones is 1. The number of cyclic esters (lactones) is 1. The van der Waals surface area contributed by atoms with E-state index in [1.54, 1.807) is 0 Å². The van der Waals surface area contributed by atoms with Crippen molar-refractivity contribution in [1.29, 1.82) is 0 Å². The number of carbonyl (C=O) groups excluding carboxylic acids is 2. The fourth-order valence-corrected chi connectivity index (χ4v) is 2.59. The summed E-state index contributed by atoms with van der Waals surface area (Å²) in [6.45, 7) is 0. The highest BCUT2D eigenvalue weighted by molar-refractivity contribution is 6.37. The van der Waals surface area contributed by atoms with E-state index < -0.39 is 23.8 Å². The molecule has 1 aliphatic rings. The van der Waals surface area contributed by atoms with Crippen molar-refractivity contribution in [2.75, 3.05) is 0 Å². The summed E-state index contributed by atoms with van der Waals surface area (Å²) in [5.74, 6) is -1.67. The third-order valence-electron chi connectivity index (χ3n) is 3.55. The summed E-state index contributed by atoms with van der Waals surface area (Å²) < 4.78 is 5.26. The topological polar surface area (TPSA) is 43.4 Å². The van der Waals surface area contributed by atoms with Gasteiger partial charge in [-0.05, 0) is 11.1 Å². The highest BCUT2D eigenvalue weighted by Crippen LogP contribution is 2.31. The molecular weight excluding hydrogens is 252 g/mol. The average molecular weight is 266 g/mol. The molecule has 2 aromatic carbocycles. The molecule has 0 saturated carbocycles. The lowest BCUT2D eigenvalue weighted by atomic mass is 9.88. The van der Waals surface area contributed by atoms with Crippen molar-refractivity contribution in [1.82, 2.24) is 0 Å². The number of esters is 1. The van der Waals surface area contributed by atoms with Crippen molar-refractivity contribution >= 4 is 11.8 Å². The lowest BCUT2D eigenvalue weighted by Gasteiger charge is -2.16. The van der Waals surface area contributed by atoms with E-state index in [1.807, 2.05) is 60.7 Å². The minimum absolute atomic E-state index is 0.417. The van der Waals surface area contributed by atoms with Crippen LogP contribution in [0.5, 0.6) is 0 Å². The van der Waals surface area contributed by atoms with Gasteiger partial charge in [0.1, 0.15) is 6.10 Å². The Morgan fingerprint density at radius 2 is 1.45 bits per heavy atom. The van der Waals surface area contributed by atoms with Crippen LogP contribution in [0.15, 0.2) is 60.7 Å². The van der Waals surface area contributed by atoms with E-state index in [0.717, 1.165) is 11.1 Å². The first-order valence-electron chi connectivity index (χ1n) is 6.59. The highest BCUT2D eigenvalue weighted by atomic mass is 16.6. The van der Waals surface area contributed by atoms with Gasteiger partial charge in [-0.15, -0.1) is 0 Å². The molecule has 0 N–H and O–H groups in total. The van der Waals surface area contributed by atoms with Gasteiger partial charge in [-0.2, -0.15) is 0 Å². The highest BCUT2D eigenvalue weighted by Gasteiger charge is 2.44. The molecule has 0 aliphatic carbocycles. The molecule has 0 unspecified atom stereocenters. The van der Waals surface area contributed by atoms with Crippen molar-refractivity contribution in [3.63, 3.8) is 0 Å². The second kappa shape index (κ2) is 5.29. The van der Waals surface area contributed by atoms with Crippen LogP contribution in [0.4, 0.5) is 0 Å². The maximum atomic E-state index is 12.0. The van der Waals surface area contributed by atoms with E-state index in [2.05, 4.69) is 0 Å². The van der Waals surface area contributed by atoms with Gasteiger partial charge in [0.2, 0.25) is 0 Å². The van der Waals surface area contributed by atoms with E-state index in [0.29, 0.717) is 6.42 Å². The van der Waals surface area contributed by atoms with E-state index >= 15 is 0 Å². The van der Waals surface area contributed by atoms with Gasteiger partial charge < -0.3 is 4.74 Å². The number of carbonyl (C=O) groups is 2. The van der Waals surface area contributed by atoms with Crippen LogP contribution in [-0.4, -0.2) is 17.9 Å². The van der Waals surface area contributed by atoms with Crippen molar-refractivity contribution in [2.45, 2.75) is 18.4 Å². The molecule has 0 bridgehead atoms. The van der Waals surface area contributed by atoms with Crippen molar-refractivity contribution in [3.8, 4) is 0 Å². The second-order valence-corrected chi connectivity index (χ2v) is 4.89. The summed E-state index contributed by atoms with van der Waals surface area (Å²) in [6, 6.07) is 19.1. The molecule has 3 nitrogen and oxygen atoms in total. The van der Waals surface area contributed by atoms with Crippen LogP contribution < -0.4 is 0 Å². The Kier molecular flexibility index (Phi) is 3.33. The fraction of sp³-hybridized carbons (Fsp3) is 0.176. The molecule has 3 heteroatoms. The Morgan fingerprint density at radius 3 is 2.10 bits per heavy atom. The molecule has 1 heterocycles. The first kappa shape index (κ1) is 12.6. The first-order valence-corrected chi connectivity index (χ1v) is 6.59. The SMILES string of the molecule is O=C1O[C@@H](Cc2ccccc2)[C@H](c2ccccc2)C1=O. The predicted molar refractivity (Wildman–Crippen MR) is 74.2 cm³/mol. The second-order valence-electron chi connectivity index (χ2n) is 4.89. The van der Waals surface area contributed by atoms with Gasteiger partial charge in [0.25, 0.3) is 5.78 Å². The first-order chi connectivity index (χ1) is 9.75.